The van der Waals surface area contributed by atoms with Gasteiger partial charge in [0.25, 0.3) is 0 Å². The third-order valence-corrected chi connectivity index (χ3v) is 13.4. The zero-order valence-corrected chi connectivity index (χ0v) is 21.9. The smallest absolute Gasteiger partial charge is 0.313 e. The molecule has 4 saturated carbocycles. The van der Waals surface area contributed by atoms with E-state index in [2.05, 4.69) is 34.6 Å². The lowest BCUT2D eigenvalue weighted by Gasteiger charge is -2.71. The Morgan fingerprint density at radius 3 is 2.46 bits per heavy atom. The quantitative estimate of drug-likeness (QED) is 0.392. The third-order valence-electron chi connectivity index (χ3n) is 13.4. The summed E-state index contributed by atoms with van der Waals surface area (Å²) in [6.07, 6.45) is 3.51. The van der Waals surface area contributed by atoms with Crippen molar-refractivity contribution in [1.82, 2.24) is 0 Å². The fourth-order valence-electron chi connectivity index (χ4n) is 11.7. The van der Waals surface area contributed by atoms with Gasteiger partial charge in [0.05, 0.1) is 17.6 Å². The summed E-state index contributed by atoms with van der Waals surface area (Å²) >= 11 is 0. The van der Waals surface area contributed by atoms with Crippen LogP contribution in [0, 0.1) is 51.2 Å². The number of hydrogen-bond donors (Lipinski definition) is 2. The van der Waals surface area contributed by atoms with Crippen molar-refractivity contribution in [1.29, 1.82) is 0 Å². The topological polar surface area (TPSA) is 96.4 Å². The van der Waals surface area contributed by atoms with Crippen molar-refractivity contribution < 1.29 is 29.3 Å². The molecule has 35 heavy (non-hydrogen) atoms. The zero-order valence-electron chi connectivity index (χ0n) is 21.9. The standard InChI is InChI=1S/C29H40O6/c1-13-7-8-28-10-9-27(6)26(5)12-16(30)18-15(3)19(32)17(31)11-25(18,4)22(26)20-23(34-20)29(27,35-24(28)33)21(28)14(13)2/h13-14,16,18,20-23,30,32H,7-12H2,1-6H3/t13-,14+,16-,18-,20+,21-,22-,23+,25+,26-,27+,28+,29-/m1/s1. The van der Waals surface area contributed by atoms with Crippen LogP contribution in [0.2, 0.25) is 0 Å². The second-order valence-corrected chi connectivity index (χ2v) is 14.3. The van der Waals surface area contributed by atoms with Crippen LogP contribution in [0.5, 0.6) is 0 Å². The number of allylic oxidation sites excluding steroid dienone is 1. The Morgan fingerprint density at radius 1 is 1.03 bits per heavy atom. The van der Waals surface area contributed by atoms with Crippen molar-refractivity contribution in [2.45, 2.75) is 104 Å². The molecule has 0 radical (unpaired) electrons. The molecule has 5 aliphatic carbocycles. The van der Waals surface area contributed by atoms with Gasteiger partial charge in [-0.1, -0.05) is 34.6 Å². The summed E-state index contributed by atoms with van der Waals surface area (Å²) in [5.74, 6) is 0.356. The molecule has 2 heterocycles. The van der Waals surface area contributed by atoms with Crippen molar-refractivity contribution in [3.8, 4) is 0 Å². The first-order valence-corrected chi connectivity index (χ1v) is 13.8. The number of fused-ring (bicyclic) bond motifs is 6. The molecule has 7 rings (SSSR count). The van der Waals surface area contributed by atoms with Crippen LogP contribution in [-0.4, -0.2) is 45.9 Å². The molecule has 0 unspecified atom stereocenters. The summed E-state index contributed by atoms with van der Waals surface area (Å²) < 4.78 is 13.3. The predicted octanol–water partition coefficient (Wildman–Crippen LogP) is 4.35. The molecule has 0 aromatic rings. The number of carbonyl (C=O) groups excluding carboxylic acids is 2. The molecule has 0 aromatic heterocycles. The van der Waals surface area contributed by atoms with Crippen molar-refractivity contribution in [3.05, 3.63) is 11.3 Å². The number of epoxide rings is 1. The molecule has 192 valence electrons. The van der Waals surface area contributed by atoms with Gasteiger partial charge in [-0.15, -0.1) is 0 Å². The molecule has 0 aromatic carbocycles. The van der Waals surface area contributed by atoms with Crippen LogP contribution in [0.1, 0.15) is 80.1 Å². The molecule has 7 aliphatic rings. The molecule has 6 fully saturated rings. The van der Waals surface area contributed by atoms with Gasteiger partial charge in [0.2, 0.25) is 0 Å². The van der Waals surface area contributed by atoms with Gasteiger partial charge in [0, 0.05) is 29.6 Å². The average molecular weight is 485 g/mol. The van der Waals surface area contributed by atoms with Gasteiger partial charge in [-0.25, -0.2) is 0 Å². The number of carbonyl (C=O) groups is 2. The van der Waals surface area contributed by atoms with Crippen molar-refractivity contribution in [3.63, 3.8) is 0 Å². The summed E-state index contributed by atoms with van der Waals surface area (Å²) in [7, 11) is 0. The lowest BCUT2D eigenvalue weighted by atomic mass is 9.31. The van der Waals surface area contributed by atoms with E-state index in [1.165, 1.54) is 0 Å². The van der Waals surface area contributed by atoms with E-state index in [1.54, 1.807) is 6.92 Å². The van der Waals surface area contributed by atoms with Crippen LogP contribution in [0.4, 0.5) is 0 Å². The molecule has 2 aliphatic heterocycles. The molecule has 6 heteroatoms. The van der Waals surface area contributed by atoms with Crippen molar-refractivity contribution >= 4 is 11.8 Å². The van der Waals surface area contributed by atoms with Crippen molar-refractivity contribution in [2.24, 2.45) is 51.2 Å². The highest BCUT2D eigenvalue weighted by Crippen LogP contribution is 2.83. The van der Waals surface area contributed by atoms with E-state index in [0.717, 1.165) is 25.7 Å². The van der Waals surface area contributed by atoms with Crippen LogP contribution in [0.25, 0.3) is 0 Å². The molecule has 2 N–H and O–H groups in total. The van der Waals surface area contributed by atoms with Gasteiger partial charge in [-0.2, -0.15) is 0 Å². The summed E-state index contributed by atoms with van der Waals surface area (Å²) in [5, 5.41) is 22.2. The molecule has 1 spiro atoms. The number of hydrogen-bond acceptors (Lipinski definition) is 6. The van der Waals surface area contributed by atoms with Gasteiger partial charge in [-0.3, -0.25) is 9.59 Å². The van der Waals surface area contributed by atoms with E-state index in [0.29, 0.717) is 23.8 Å². The largest absolute Gasteiger partial charge is 0.504 e. The molecule has 2 bridgehead atoms. The Kier molecular flexibility index (Phi) is 4.02. The summed E-state index contributed by atoms with van der Waals surface area (Å²) in [4.78, 5) is 26.7. The van der Waals surface area contributed by atoms with E-state index in [-0.39, 0.29) is 64.7 Å². The highest BCUT2D eigenvalue weighted by Gasteiger charge is 2.89. The van der Waals surface area contributed by atoms with Crippen LogP contribution in [0.3, 0.4) is 0 Å². The maximum Gasteiger partial charge on any atom is 0.313 e. The Bertz CT molecular complexity index is 1100. The minimum atomic E-state index is -0.680. The second kappa shape index (κ2) is 6.18. The van der Waals surface area contributed by atoms with Gasteiger partial charge >= 0.3 is 5.97 Å². The second-order valence-electron chi connectivity index (χ2n) is 14.3. The number of aliphatic hydroxyl groups excluding tert-OH is 2. The molecule has 6 nitrogen and oxygen atoms in total. The van der Waals surface area contributed by atoms with E-state index < -0.39 is 22.5 Å². The van der Waals surface area contributed by atoms with E-state index >= 15 is 0 Å². The van der Waals surface area contributed by atoms with Gasteiger partial charge in [0.1, 0.15) is 6.10 Å². The average Bonchev–Trinajstić information content (AvgIpc) is 3.52. The Hall–Kier alpha value is -1.40. The molecule has 0 amide bonds. The minimum Gasteiger partial charge on any atom is -0.504 e. The summed E-state index contributed by atoms with van der Waals surface area (Å²) in [6, 6.07) is 0. The van der Waals surface area contributed by atoms with Crippen LogP contribution >= 0.6 is 0 Å². The SMILES string of the molecule is CC1=C(O)C(=O)C[C@@]2(C)[C@H]1[C@H](O)C[C@]1(C)[C@@H]2[C@@H]2O[C@@H]2[C@]23OC(=O)[C@@]4(CC[C@@H](C)[C@H](C)[C@H]42)CC[C@]31C. The lowest BCUT2D eigenvalue weighted by Crippen LogP contribution is -2.76. The third kappa shape index (κ3) is 2.10. The maximum atomic E-state index is 13.8. The Labute approximate surface area is 207 Å². The molecular formula is C29H40O6. The van der Waals surface area contributed by atoms with Crippen molar-refractivity contribution in [2.75, 3.05) is 0 Å². The van der Waals surface area contributed by atoms with Crippen LogP contribution < -0.4 is 0 Å². The minimum absolute atomic E-state index is 0.0155. The fraction of sp³-hybridized carbons (Fsp3) is 0.862. The molecule has 2 saturated heterocycles. The maximum absolute atomic E-state index is 13.8. The van der Waals surface area contributed by atoms with E-state index in [1.807, 2.05) is 0 Å². The number of Topliss-reactive ketones (excluding diaryl/α,β-unsaturated/α-hetero) is 1. The number of esters is 1. The normalized spacial score (nSPS) is 62.3. The highest BCUT2D eigenvalue weighted by molar-refractivity contribution is 5.95. The summed E-state index contributed by atoms with van der Waals surface area (Å²) in [6.45, 7) is 13.2. The zero-order chi connectivity index (χ0) is 25.1. The first-order valence-electron chi connectivity index (χ1n) is 13.8. The monoisotopic (exact) mass is 484 g/mol. The van der Waals surface area contributed by atoms with E-state index in [9.17, 15) is 19.8 Å². The lowest BCUT2D eigenvalue weighted by molar-refractivity contribution is -0.273. The first kappa shape index (κ1) is 22.8. The Morgan fingerprint density at radius 2 is 1.74 bits per heavy atom. The number of rotatable bonds is 0. The fourth-order valence-corrected chi connectivity index (χ4v) is 11.7. The number of ether oxygens (including phenoxy) is 2. The highest BCUT2D eigenvalue weighted by atomic mass is 16.6. The number of aliphatic hydroxyl groups is 2. The molecule has 13 atom stereocenters. The van der Waals surface area contributed by atoms with Crippen LogP contribution in [0.15, 0.2) is 11.3 Å². The Balaban J connectivity index is 1.43. The predicted molar refractivity (Wildman–Crippen MR) is 127 cm³/mol. The van der Waals surface area contributed by atoms with Gasteiger partial charge in [-0.05, 0) is 67.3 Å². The first-order chi connectivity index (χ1) is 16.3. The van der Waals surface area contributed by atoms with E-state index in [4.69, 9.17) is 9.47 Å². The summed E-state index contributed by atoms with van der Waals surface area (Å²) in [5.41, 5.74) is -1.74. The van der Waals surface area contributed by atoms with Crippen LogP contribution in [-0.2, 0) is 19.1 Å². The van der Waals surface area contributed by atoms with Gasteiger partial charge < -0.3 is 19.7 Å². The molecular weight excluding hydrogens is 444 g/mol. The number of ketones is 1. The van der Waals surface area contributed by atoms with Gasteiger partial charge in [0.15, 0.2) is 17.1 Å².